The maximum absolute atomic E-state index is 2.66. The first-order valence-electron chi connectivity index (χ1n) is 9.58. The first-order chi connectivity index (χ1) is 11.4. The molecule has 1 aromatic carbocycles. The molecule has 0 N–H and O–H groups in total. The Bertz CT molecular complexity index is 761. The van der Waals surface area contributed by atoms with E-state index in [0.717, 1.165) is 6.42 Å². The normalized spacial score (nSPS) is 25.2. The number of rotatable bonds is 4. The highest BCUT2D eigenvalue weighted by Gasteiger charge is 2.58. The molecule has 1 heteroatoms. The van der Waals surface area contributed by atoms with Crippen LogP contribution in [0.4, 0.5) is 0 Å². The Morgan fingerprint density at radius 1 is 1.00 bits per heavy atom. The van der Waals surface area contributed by atoms with Crippen molar-refractivity contribution in [3.63, 3.8) is 0 Å². The third-order valence-corrected chi connectivity index (χ3v) is 6.61. The maximum Gasteiger partial charge on any atom is 0.216 e. The average molecular weight is 323 g/mol. The lowest BCUT2D eigenvalue weighted by Crippen LogP contribution is -2.69. The van der Waals surface area contributed by atoms with Gasteiger partial charge >= 0.3 is 0 Å². The molecular formula is C23H32N+. The summed E-state index contributed by atoms with van der Waals surface area (Å²) in [7, 11) is 0. The lowest BCUT2D eigenvalue weighted by atomic mass is 9.58. The van der Waals surface area contributed by atoms with E-state index < -0.39 is 0 Å². The number of fused-ring (bicyclic) bond motifs is 3. The highest BCUT2D eigenvalue weighted by Crippen LogP contribution is 2.52. The Morgan fingerprint density at radius 2 is 1.71 bits per heavy atom. The Kier molecular flexibility index (Phi) is 4.32. The molecule has 1 nitrogen and oxygen atoms in total. The maximum atomic E-state index is 2.66. The summed E-state index contributed by atoms with van der Waals surface area (Å²) in [5.41, 5.74) is 7.47. The van der Waals surface area contributed by atoms with Crippen molar-refractivity contribution < 1.29 is 4.57 Å². The first kappa shape index (κ1) is 17.2. The molecule has 1 aliphatic rings. The Hall–Kier alpha value is -1.63. The van der Waals surface area contributed by atoms with Crippen LogP contribution in [0.1, 0.15) is 70.1 Å². The van der Waals surface area contributed by atoms with E-state index in [1.807, 2.05) is 0 Å². The van der Waals surface area contributed by atoms with Gasteiger partial charge in [0.2, 0.25) is 5.69 Å². The van der Waals surface area contributed by atoms with Crippen LogP contribution in [0, 0.1) is 13.8 Å². The highest BCUT2D eigenvalue weighted by molar-refractivity contribution is 5.68. The molecule has 1 aromatic heterocycles. The van der Waals surface area contributed by atoms with E-state index in [0.29, 0.717) is 0 Å². The van der Waals surface area contributed by atoms with Crippen LogP contribution < -0.4 is 4.57 Å². The molecule has 0 aliphatic carbocycles. The van der Waals surface area contributed by atoms with Gasteiger partial charge in [0.1, 0.15) is 0 Å². The molecule has 0 spiro atoms. The number of hydrogen-bond acceptors (Lipinski definition) is 0. The number of hydrogen-bond donors (Lipinski definition) is 0. The summed E-state index contributed by atoms with van der Waals surface area (Å²) in [6.07, 6.45) is 7.18. The van der Waals surface area contributed by atoms with Crippen LogP contribution >= 0.6 is 0 Å². The molecule has 24 heavy (non-hydrogen) atoms. The van der Waals surface area contributed by atoms with E-state index in [9.17, 15) is 0 Å². The molecule has 2 heterocycles. The van der Waals surface area contributed by atoms with Gasteiger partial charge in [0.05, 0.1) is 11.0 Å². The van der Waals surface area contributed by atoms with Crippen LogP contribution in [-0.4, -0.2) is 0 Å². The fourth-order valence-corrected chi connectivity index (χ4v) is 5.34. The van der Waals surface area contributed by atoms with E-state index in [1.165, 1.54) is 47.2 Å². The van der Waals surface area contributed by atoms with Gasteiger partial charge in [-0.15, -0.1) is 0 Å². The lowest BCUT2D eigenvalue weighted by molar-refractivity contribution is -0.770. The summed E-state index contributed by atoms with van der Waals surface area (Å²) >= 11 is 0. The molecule has 2 unspecified atom stereocenters. The van der Waals surface area contributed by atoms with Gasteiger partial charge in [0.15, 0.2) is 11.7 Å². The van der Waals surface area contributed by atoms with E-state index in [-0.39, 0.29) is 11.0 Å². The molecule has 0 amide bonds. The largest absolute Gasteiger partial charge is 0.216 e. The van der Waals surface area contributed by atoms with Gasteiger partial charge in [-0.3, -0.25) is 0 Å². The van der Waals surface area contributed by atoms with Gasteiger partial charge in [-0.2, -0.15) is 4.57 Å². The first-order valence-corrected chi connectivity index (χ1v) is 9.58. The Morgan fingerprint density at radius 3 is 2.33 bits per heavy atom. The van der Waals surface area contributed by atoms with Crippen LogP contribution in [-0.2, 0) is 11.0 Å². The van der Waals surface area contributed by atoms with Gasteiger partial charge in [-0.1, -0.05) is 39.0 Å². The molecule has 0 saturated carbocycles. The minimum atomic E-state index is 0.150. The zero-order valence-corrected chi connectivity index (χ0v) is 16.2. The number of pyridine rings is 1. The third kappa shape index (κ3) is 2.10. The summed E-state index contributed by atoms with van der Waals surface area (Å²) in [5, 5.41) is 0. The van der Waals surface area contributed by atoms with Crippen molar-refractivity contribution in [2.45, 2.75) is 78.2 Å². The third-order valence-electron chi connectivity index (χ3n) is 6.61. The number of benzene rings is 1. The predicted octanol–water partition coefficient (Wildman–Crippen LogP) is 5.84. The van der Waals surface area contributed by atoms with Gasteiger partial charge in [0.25, 0.3) is 0 Å². The second kappa shape index (κ2) is 6.02. The molecule has 1 aliphatic heterocycles. The molecule has 0 radical (unpaired) electrons. The molecule has 128 valence electrons. The molecule has 2 atom stereocenters. The number of nitrogens with zero attached hydrogens (tertiary/aromatic N) is 1. The smallest absolute Gasteiger partial charge is 0.192 e. The summed E-state index contributed by atoms with van der Waals surface area (Å²) in [5.74, 6) is 0. The second-order valence-corrected chi connectivity index (χ2v) is 7.79. The van der Waals surface area contributed by atoms with Crippen molar-refractivity contribution in [2.24, 2.45) is 0 Å². The zero-order chi connectivity index (χ0) is 17.5. The van der Waals surface area contributed by atoms with Crippen molar-refractivity contribution in [1.29, 1.82) is 0 Å². The number of aryl methyl sites for hydroxylation is 2. The van der Waals surface area contributed by atoms with Gasteiger partial charge in [-0.05, 0) is 51.3 Å². The van der Waals surface area contributed by atoms with Gasteiger partial charge in [0, 0.05) is 24.0 Å². The Balaban J connectivity index is 2.48. The monoisotopic (exact) mass is 322 g/mol. The molecule has 0 bridgehead atoms. The van der Waals surface area contributed by atoms with E-state index in [2.05, 4.69) is 82.6 Å². The quantitative estimate of drug-likeness (QED) is 0.622. The molecular weight excluding hydrogens is 290 g/mol. The fourth-order valence-electron chi connectivity index (χ4n) is 5.34. The Labute approximate surface area is 147 Å². The second-order valence-electron chi connectivity index (χ2n) is 7.79. The minimum Gasteiger partial charge on any atom is -0.192 e. The standard InChI is InChI=1S/C23H32N/c1-7-14-23(9-3)22(6,8-2)20-13-11-10-12-19(20)21-18(5)15-17(4)16-24(21)23/h10-13,15-16H,7-9,14H2,1-6H3/q+1. The summed E-state index contributed by atoms with van der Waals surface area (Å²) in [6.45, 7) is 14.1. The van der Waals surface area contributed by atoms with Crippen LogP contribution in [0.2, 0.25) is 0 Å². The van der Waals surface area contributed by atoms with Gasteiger partial charge < -0.3 is 0 Å². The van der Waals surface area contributed by atoms with Crippen molar-refractivity contribution in [1.82, 2.24) is 0 Å². The molecule has 0 saturated heterocycles. The van der Waals surface area contributed by atoms with Gasteiger partial charge in [-0.25, -0.2) is 0 Å². The van der Waals surface area contributed by atoms with Crippen molar-refractivity contribution >= 4 is 0 Å². The highest BCUT2D eigenvalue weighted by atomic mass is 15.1. The predicted molar refractivity (Wildman–Crippen MR) is 102 cm³/mol. The summed E-state index contributed by atoms with van der Waals surface area (Å²) in [4.78, 5) is 0. The van der Waals surface area contributed by atoms with E-state index >= 15 is 0 Å². The topological polar surface area (TPSA) is 3.88 Å². The number of aromatic nitrogens is 1. The van der Waals surface area contributed by atoms with Crippen LogP contribution in [0.3, 0.4) is 0 Å². The zero-order valence-electron chi connectivity index (χ0n) is 16.2. The van der Waals surface area contributed by atoms with E-state index in [4.69, 9.17) is 0 Å². The SMILES string of the molecule is CCCC1(CC)[n+]2cc(C)cc(C)c2-c2ccccc2C1(C)CC. The van der Waals surface area contributed by atoms with Crippen molar-refractivity contribution in [3.05, 3.63) is 53.2 Å². The summed E-state index contributed by atoms with van der Waals surface area (Å²) < 4.78 is 2.66. The molecule has 0 fully saturated rings. The van der Waals surface area contributed by atoms with Crippen molar-refractivity contribution in [3.8, 4) is 11.3 Å². The van der Waals surface area contributed by atoms with Crippen LogP contribution in [0.5, 0.6) is 0 Å². The average Bonchev–Trinajstić information content (AvgIpc) is 2.58. The molecule has 2 aromatic rings. The molecule has 3 rings (SSSR count). The van der Waals surface area contributed by atoms with Crippen LogP contribution in [0.25, 0.3) is 11.3 Å². The lowest BCUT2D eigenvalue weighted by Gasteiger charge is -2.48. The fraction of sp³-hybridized carbons (Fsp3) is 0.522. The summed E-state index contributed by atoms with van der Waals surface area (Å²) in [6, 6.07) is 11.4. The van der Waals surface area contributed by atoms with E-state index in [1.54, 1.807) is 0 Å². The minimum absolute atomic E-state index is 0.150. The van der Waals surface area contributed by atoms with Crippen LogP contribution in [0.15, 0.2) is 36.5 Å². The van der Waals surface area contributed by atoms with Crippen molar-refractivity contribution in [2.75, 3.05) is 0 Å².